The molecule has 5 heteroatoms. The summed E-state index contributed by atoms with van der Waals surface area (Å²) in [4.78, 5) is 25.9. The van der Waals surface area contributed by atoms with Gasteiger partial charge in [0.1, 0.15) is 18.2 Å². The van der Waals surface area contributed by atoms with Crippen LogP contribution in [0.2, 0.25) is 0 Å². The predicted molar refractivity (Wildman–Crippen MR) is 68.1 cm³/mol. The van der Waals surface area contributed by atoms with Gasteiger partial charge in [-0.05, 0) is 18.4 Å². The third-order valence-electron chi connectivity index (χ3n) is 3.86. The van der Waals surface area contributed by atoms with Crippen molar-refractivity contribution in [1.29, 1.82) is 0 Å². The van der Waals surface area contributed by atoms with E-state index in [-0.39, 0.29) is 17.9 Å². The Labute approximate surface area is 111 Å². The molecule has 2 N–H and O–H groups in total. The highest BCUT2D eigenvalue weighted by molar-refractivity contribution is 5.97. The van der Waals surface area contributed by atoms with Crippen LogP contribution in [0.1, 0.15) is 24.5 Å². The number of fused-ring (bicyclic) bond motifs is 1. The Hall–Kier alpha value is -1.88. The summed E-state index contributed by atoms with van der Waals surface area (Å²) in [5, 5.41) is 12.9. The van der Waals surface area contributed by atoms with Crippen molar-refractivity contribution < 1.29 is 14.7 Å². The quantitative estimate of drug-likeness (QED) is 0.798. The molecule has 0 spiro atoms. The van der Waals surface area contributed by atoms with Crippen LogP contribution in [0.3, 0.4) is 0 Å². The molecule has 5 nitrogen and oxygen atoms in total. The molecule has 0 aromatic heterocycles. The zero-order chi connectivity index (χ0) is 13.4. The summed E-state index contributed by atoms with van der Waals surface area (Å²) in [5.74, 6) is -0.337. The van der Waals surface area contributed by atoms with Crippen LogP contribution < -0.4 is 5.32 Å². The molecular weight excluding hydrogens is 244 g/mol. The average molecular weight is 260 g/mol. The van der Waals surface area contributed by atoms with Crippen LogP contribution in [-0.4, -0.2) is 40.4 Å². The van der Waals surface area contributed by atoms with Crippen LogP contribution in [0.25, 0.3) is 0 Å². The lowest BCUT2D eigenvalue weighted by molar-refractivity contribution is -0.150. The van der Waals surface area contributed by atoms with Crippen LogP contribution in [0.5, 0.6) is 0 Å². The van der Waals surface area contributed by atoms with Gasteiger partial charge in [-0.25, -0.2) is 0 Å². The van der Waals surface area contributed by atoms with Crippen molar-refractivity contribution in [1.82, 2.24) is 10.2 Å². The molecule has 0 aliphatic carbocycles. The summed E-state index contributed by atoms with van der Waals surface area (Å²) >= 11 is 0. The lowest BCUT2D eigenvalue weighted by atomic mass is 9.98. The van der Waals surface area contributed by atoms with E-state index in [4.69, 9.17) is 0 Å². The zero-order valence-corrected chi connectivity index (χ0v) is 10.5. The maximum atomic E-state index is 12.3. The maximum absolute atomic E-state index is 12.3. The topological polar surface area (TPSA) is 69.6 Å². The highest BCUT2D eigenvalue weighted by atomic mass is 16.3. The number of amides is 2. The number of piperazine rings is 1. The molecular formula is C14H16N2O3. The van der Waals surface area contributed by atoms with E-state index < -0.39 is 12.1 Å². The van der Waals surface area contributed by atoms with E-state index in [1.165, 1.54) is 0 Å². The minimum atomic E-state index is -1.00. The largest absolute Gasteiger partial charge is 0.386 e. The standard InChI is InChI=1S/C14H16N2O3/c17-12(9-5-2-1-3-6-9)11-14(19)16-8-4-7-10(16)13(18)15-11/h1-3,5-6,10-12,17H,4,7-8H2,(H,15,18)/t10-,11?,12?/m0/s1. The molecule has 3 atom stereocenters. The van der Waals surface area contributed by atoms with Crippen molar-refractivity contribution in [2.75, 3.05) is 6.54 Å². The highest BCUT2D eigenvalue weighted by Gasteiger charge is 2.45. The molecule has 0 bridgehead atoms. The van der Waals surface area contributed by atoms with Gasteiger partial charge in [0.15, 0.2) is 0 Å². The maximum Gasteiger partial charge on any atom is 0.248 e. The predicted octanol–water partition coefficient (Wildman–Crippen LogP) is 0.209. The minimum Gasteiger partial charge on any atom is -0.386 e. The van der Waals surface area contributed by atoms with Crippen LogP contribution >= 0.6 is 0 Å². The van der Waals surface area contributed by atoms with Crippen LogP contribution in [-0.2, 0) is 9.59 Å². The van der Waals surface area contributed by atoms with Crippen LogP contribution in [0.4, 0.5) is 0 Å². The van der Waals surface area contributed by atoms with E-state index in [0.29, 0.717) is 18.5 Å². The molecule has 2 aliphatic heterocycles. The number of nitrogens with zero attached hydrogens (tertiary/aromatic N) is 1. The van der Waals surface area contributed by atoms with Gasteiger partial charge in [0.2, 0.25) is 11.8 Å². The molecule has 2 saturated heterocycles. The van der Waals surface area contributed by atoms with E-state index in [1.807, 2.05) is 6.07 Å². The van der Waals surface area contributed by atoms with Crippen LogP contribution in [0, 0.1) is 0 Å². The Morgan fingerprint density at radius 2 is 2.00 bits per heavy atom. The number of hydrogen-bond donors (Lipinski definition) is 2. The van der Waals surface area contributed by atoms with Crippen molar-refractivity contribution >= 4 is 11.8 Å². The first-order valence-corrected chi connectivity index (χ1v) is 6.52. The van der Waals surface area contributed by atoms with Crippen molar-refractivity contribution in [3.63, 3.8) is 0 Å². The Bertz CT molecular complexity index is 503. The van der Waals surface area contributed by atoms with Gasteiger partial charge in [-0.1, -0.05) is 30.3 Å². The molecule has 2 aliphatic rings. The number of carbonyl (C=O) groups excluding carboxylic acids is 2. The summed E-state index contributed by atoms with van der Waals surface area (Å²) in [7, 11) is 0. The lowest BCUT2D eigenvalue weighted by Crippen LogP contribution is -2.62. The minimum absolute atomic E-state index is 0.155. The van der Waals surface area contributed by atoms with Gasteiger partial charge in [0, 0.05) is 6.54 Å². The van der Waals surface area contributed by atoms with Gasteiger partial charge in [0.05, 0.1) is 0 Å². The monoisotopic (exact) mass is 260 g/mol. The van der Waals surface area contributed by atoms with Gasteiger partial charge in [-0.2, -0.15) is 0 Å². The zero-order valence-electron chi connectivity index (χ0n) is 10.5. The van der Waals surface area contributed by atoms with E-state index in [0.717, 1.165) is 6.42 Å². The summed E-state index contributed by atoms with van der Waals surface area (Å²) in [6.45, 7) is 0.606. The average Bonchev–Trinajstić information content (AvgIpc) is 2.93. The SMILES string of the molecule is O=C1NC(C(O)c2ccccc2)C(=O)N2CCC[C@@H]12. The molecule has 3 rings (SSSR count). The number of aliphatic hydroxyl groups excluding tert-OH is 1. The van der Waals surface area contributed by atoms with E-state index in [2.05, 4.69) is 5.32 Å². The molecule has 0 saturated carbocycles. The van der Waals surface area contributed by atoms with Crippen molar-refractivity contribution in [2.45, 2.75) is 31.0 Å². The molecule has 2 fully saturated rings. The molecule has 1 aromatic rings. The Balaban J connectivity index is 1.85. The highest BCUT2D eigenvalue weighted by Crippen LogP contribution is 2.27. The van der Waals surface area contributed by atoms with Gasteiger partial charge >= 0.3 is 0 Å². The molecule has 100 valence electrons. The Morgan fingerprint density at radius 1 is 1.26 bits per heavy atom. The van der Waals surface area contributed by atoms with Crippen molar-refractivity contribution in [3.8, 4) is 0 Å². The first kappa shape index (κ1) is 12.2. The summed E-state index contributed by atoms with van der Waals surface area (Å²) in [5.41, 5.74) is 0.638. The number of rotatable bonds is 2. The lowest BCUT2D eigenvalue weighted by Gasteiger charge is -2.36. The van der Waals surface area contributed by atoms with Gasteiger partial charge in [-0.15, -0.1) is 0 Å². The number of aliphatic hydroxyl groups is 1. The molecule has 1 aromatic carbocycles. The van der Waals surface area contributed by atoms with Gasteiger partial charge in [0.25, 0.3) is 0 Å². The molecule has 2 heterocycles. The molecule has 2 unspecified atom stereocenters. The first-order chi connectivity index (χ1) is 9.18. The van der Waals surface area contributed by atoms with Crippen LogP contribution in [0.15, 0.2) is 30.3 Å². The summed E-state index contributed by atoms with van der Waals surface area (Å²) in [6.07, 6.45) is 0.558. The van der Waals surface area contributed by atoms with Gasteiger partial charge in [-0.3, -0.25) is 9.59 Å². The van der Waals surface area contributed by atoms with E-state index in [1.54, 1.807) is 29.2 Å². The smallest absolute Gasteiger partial charge is 0.248 e. The third kappa shape index (κ3) is 2.00. The fraction of sp³-hybridized carbons (Fsp3) is 0.429. The molecule has 0 radical (unpaired) electrons. The number of hydrogen-bond acceptors (Lipinski definition) is 3. The second-order valence-corrected chi connectivity index (χ2v) is 5.03. The van der Waals surface area contributed by atoms with E-state index >= 15 is 0 Å². The normalized spacial score (nSPS) is 27.9. The number of carbonyl (C=O) groups is 2. The fourth-order valence-corrected chi connectivity index (χ4v) is 2.85. The second kappa shape index (κ2) is 4.66. The molecule has 2 amide bonds. The summed E-state index contributed by atoms with van der Waals surface area (Å²) in [6, 6.07) is 7.73. The third-order valence-corrected chi connectivity index (χ3v) is 3.86. The Morgan fingerprint density at radius 3 is 2.74 bits per heavy atom. The number of nitrogens with one attached hydrogen (secondary N) is 1. The number of benzene rings is 1. The van der Waals surface area contributed by atoms with Gasteiger partial charge < -0.3 is 15.3 Å². The second-order valence-electron chi connectivity index (χ2n) is 5.03. The summed E-state index contributed by atoms with van der Waals surface area (Å²) < 4.78 is 0. The fourth-order valence-electron chi connectivity index (χ4n) is 2.85. The molecule has 19 heavy (non-hydrogen) atoms. The van der Waals surface area contributed by atoms with Crippen molar-refractivity contribution in [3.05, 3.63) is 35.9 Å². The Kier molecular flexibility index (Phi) is 2.98. The van der Waals surface area contributed by atoms with E-state index in [9.17, 15) is 14.7 Å². The van der Waals surface area contributed by atoms with Crippen molar-refractivity contribution in [2.24, 2.45) is 0 Å². The first-order valence-electron chi connectivity index (χ1n) is 6.52.